The Bertz CT molecular complexity index is 239. The van der Waals surface area contributed by atoms with E-state index >= 15 is 0 Å². The van der Waals surface area contributed by atoms with E-state index in [-0.39, 0.29) is 13.0 Å². The molecule has 0 aliphatic carbocycles. The van der Waals surface area contributed by atoms with E-state index in [1.807, 2.05) is 6.92 Å². The van der Waals surface area contributed by atoms with Gasteiger partial charge in [0.15, 0.2) is 0 Å². The molecule has 1 N–H and O–H groups in total. The molecule has 0 atom stereocenters. The summed E-state index contributed by atoms with van der Waals surface area (Å²) >= 11 is 0. The van der Waals surface area contributed by atoms with Crippen LogP contribution in [0, 0.1) is 0 Å². The maximum Gasteiger partial charge on any atom is 0.278 e. The van der Waals surface area contributed by atoms with Crippen molar-refractivity contribution in [3.05, 3.63) is 0 Å². The summed E-state index contributed by atoms with van der Waals surface area (Å²) in [7, 11) is 0. The van der Waals surface area contributed by atoms with Crippen LogP contribution in [0.15, 0.2) is 9.98 Å². The van der Waals surface area contributed by atoms with Gasteiger partial charge in [0.05, 0.1) is 6.61 Å². The first-order chi connectivity index (χ1) is 7.24. The highest BCUT2D eigenvalue weighted by Crippen LogP contribution is 2.21. The average molecular weight is 214 g/mol. The molecule has 0 heterocycles. The van der Waals surface area contributed by atoms with Crippen LogP contribution < -0.4 is 0 Å². The zero-order chi connectivity index (χ0) is 11.6. The van der Waals surface area contributed by atoms with Crippen molar-refractivity contribution in [2.75, 3.05) is 13.2 Å². The SMILES string of the molecule is CCCOC(CCCO)(N=C=O)N=C=O. The zero-order valence-corrected chi connectivity index (χ0v) is 8.60. The Morgan fingerprint density at radius 3 is 2.33 bits per heavy atom. The first kappa shape index (κ1) is 13.7. The number of isocyanates is 2. The number of aliphatic hydroxyl groups excluding tert-OH is 1. The molecule has 0 spiro atoms. The number of rotatable bonds is 8. The molecule has 6 nitrogen and oxygen atoms in total. The Balaban J connectivity index is 4.70. The van der Waals surface area contributed by atoms with Gasteiger partial charge >= 0.3 is 0 Å². The highest BCUT2D eigenvalue weighted by atomic mass is 16.5. The largest absolute Gasteiger partial charge is 0.396 e. The fourth-order valence-corrected chi connectivity index (χ4v) is 0.991. The quantitative estimate of drug-likeness (QED) is 0.471. The summed E-state index contributed by atoms with van der Waals surface area (Å²) in [5.41, 5.74) is 0. The summed E-state index contributed by atoms with van der Waals surface area (Å²) in [5.74, 6) is -1.55. The molecule has 0 aromatic rings. The molecule has 0 bridgehead atoms. The standard InChI is InChI=1S/C9H14N2O4/c1-2-6-15-9(10-7-13,11-8-14)4-3-5-12/h12H,2-6H2,1H3. The fourth-order valence-electron chi connectivity index (χ4n) is 0.991. The number of aliphatic imine (C=N–C) groups is 2. The van der Waals surface area contributed by atoms with Crippen molar-refractivity contribution in [2.45, 2.75) is 32.0 Å². The predicted octanol–water partition coefficient (Wildman–Crippen LogP) is 0.511. The molecule has 15 heavy (non-hydrogen) atoms. The van der Waals surface area contributed by atoms with Crippen molar-refractivity contribution in [2.24, 2.45) is 9.98 Å². The van der Waals surface area contributed by atoms with Crippen molar-refractivity contribution < 1.29 is 19.4 Å². The van der Waals surface area contributed by atoms with Crippen molar-refractivity contribution in [1.82, 2.24) is 0 Å². The monoisotopic (exact) mass is 214 g/mol. The van der Waals surface area contributed by atoms with E-state index in [1.165, 1.54) is 12.2 Å². The molecular weight excluding hydrogens is 200 g/mol. The van der Waals surface area contributed by atoms with Gasteiger partial charge in [0.1, 0.15) is 0 Å². The third-order valence-electron chi connectivity index (χ3n) is 1.64. The third-order valence-corrected chi connectivity index (χ3v) is 1.64. The highest BCUT2D eigenvalue weighted by Gasteiger charge is 2.29. The van der Waals surface area contributed by atoms with Crippen molar-refractivity contribution in [1.29, 1.82) is 0 Å². The minimum Gasteiger partial charge on any atom is -0.396 e. The molecular formula is C9H14N2O4. The van der Waals surface area contributed by atoms with Gasteiger partial charge in [-0.15, -0.1) is 9.98 Å². The summed E-state index contributed by atoms with van der Waals surface area (Å²) in [6, 6.07) is 0. The molecule has 0 unspecified atom stereocenters. The van der Waals surface area contributed by atoms with Crippen LogP contribution in [-0.4, -0.2) is 36.3 Å². The highest BCUT2D eigenvalue weighted by molar-refractivity contribution is 5.38. The van der Waals surface area contributed by atoms with Gasteiger partial charge in [-0.05, 0) is 12.8 Å². The smallest absolute Gasteiger partial charge is 0.278 e. The summed E-state index contributed by atoms with van der Waals surface area (Å²) in [6.45, 7) is 2.08. The predicted molar refractivity (Wildman–Crippen MR) is 51.5 cm³/mol. The number of carbonyl (C=O) groups excluding carboxylic acids is 2. The Morgan fingerprint density at radius 1 is 1.33 bits per heavy atom. The average Bonchev–Trinajstić information content (AvgIpc) is 2.24. The molecule has 0 aliphatic rings. The lowest BCUT2D eigenvalue weighted by Gasteiger charge is -2.21. The summed E-state index contributed by atoms with van der Waals surface area (Å²) < 4.78 is 5.19. The van der Waals surface area contributed by atoms with E-state index in [1.54, 1.807) is 0 Å². The van der Waals surface area contributed by atoms with Crippen molar-refractivity contribution >= 4 is 12.2 Å². The number of hydrogen-bond acceptors (Lipinski definition) is 6. The Kier molecular flexibility index (Phi) is 7.32. The van der Waals surface area contributed by atoms with Gasteiger partial charge in [0.2, 0.25) is 12.2 Å². The molecule has 0 aromatic carbocycles. The Morgan fingerprint density at radius 2 is 1.93 bits per heavy atom. The van der Waals surface area contributed by atoms with Gasteiger partial charge in [-0.2, -0.15) is 0 Å². The van der Waals surface area contributed by atoms with E-state index < -0.39 is 5.85 Å². The van der Waals surface area contributed by atoms with Crippen molar-refractivity contribution in [3.8, 4) is 0 Å². The second kappa shape index (κ2) is 8.03. The first-order valence-electron chi connectivity index (χ1n) is 4.67. The number of nitrogens with zero attached hydrogens (tertiary/aromatic N) is 2. The van der Waals surface area contributed by atoms with Gasteiger partial charge in [-0.3, -0.25) is 0 Å². The summed E-state index contributed by atoms with van der Waals surface area (Å²) in [4.78, 5) is 27.1. The molecule has 0 aliphatic heterocycles. The number of hydrogen-bond donors (Lipinski definition) is 1. The third kappa shape index (κ3) is 5.20. The Hall–Kier alpha value is -1.32. The van der Waals surface area contributed by atoms with Crippen LogP contribution in [0.5, 0.6) is 0 Å². The zero-order valence-electron chi connectivity index (χ0n) is 8.60. The molecule has 0 radical (unpaired) electrons. The van der Waals surface area contributed by atoms with Crippen LogP contribution in [0.25, 0.3) is 0 Å². The van der Waals surface area contributed by atoms with E-state index in [2.05, 4.69) is 9.98 Å². The van der Waals surface area contributed by atoms with E-state index in [0.717, 1.165) is 0 Å². The molecule has 6 heteroatoms. The first-order valence-corrected chi connectivity index (χ1v) is 4.67. The number of ether oxygens (including phenoxy) is 1. The van der Waals surface area contributed by atoms with Gasteiger partial charge in [-0.1, -0.05) is 6.92 Å². The lowest BCUT2D eigenvalue weighted by Crippen LogP contribution is -2.28. The topological polar surface area (TPSA) is 88.3 Å². The van der Waals surface area contributed by atoms with Gasteiger partial charge in [-0.25, -0.2) is 9.59 Å². The van der Waals surface area contributed by atoms with Gasteiger partial charge in [0, 0.05) is 13.0 Å². The van der Waals surface area contributed by atoms with Crippen LogP contribution in [0.1, 0.15) is 26.2 Å². The molecule has 0 fully saturated rings. The molecule has 0 aromatic heterocycles. The van der Waals surface area contributed by atoms with Crippen LogP contribution in [0.3, 0.4) is 0 Å². The molecule has 84 valence electrons. The minimum atomic E-state index is -1.55. The maximum absolute atomic E-state index is 10.2. The molecule has 0 rings (SSSR count). The maximum atomic E-state index is 10.2. The van der Waals surface area contributed by atoms with Crippen molar-refractivity contribution in [3.63, 3.8) is 0 Å². The summed E-state index contributed by atoms with van der Waals surface area (Å²) in [6.07, 6.45) is 3.78. The van der Waals surface area contributed by atoms with Gasteiger partial charge in [0.25, 0.3) is 5.85 Å². The second-order valence-electron chi connectivity index (χ2n) is 2.82. The number of aliphatic hydroxyl groups is 1. The fraction of sp³-hybridized carbons (Fsp3) is 0.778. The molecule has 0 saturated heterocycles. The van der Waals surface area contributed by atoms with E-state index in [0.29, 0.717) is 19.4 Å². The van der Waals surface area contributed by atoms with Gasteiger partial charge < -0.3 is 9.84 Å². The second-order valence-corrected chi connectivity index (χ2v) is 2.82. The molecule has 0 saturated carbocycles. The normalized spacial score (nSPS) is 13.5. The Labute approximate surface area is 87.7 Å². The van der Waals surface area contributed by atoms with E-state index in [9.17, 15) is 9.59 Å². The lowest BCUT2D eigenvalue weighted by atomic mass is 10.2. The minimum absolute atomic E-state index is 0.0972. The van der Waals surface area contributed by atoms with Crippen LogP contribution in [0.4, 0.5) is 0 Å². The van der Waals surface area contributed by atoms with E-state index in [4.69, 9.17) is 9.84 Å². The van der Waals surface area contributed by atoms with Crippen LogP contribution in [-0.2, 0) is 14.3 Å². The lowest BCUT2D eigenvalue weighted by molar-refractivity contribution is -0.0413. The molecule has 0 amide bonds. The van der Waals surface area contributed by atoms with Crippen LogP contribution in [0.2, 0.25) is 0 Å². The summed E-state index contributed by atoms with van der Waals surface area (Å²) in [5, 5.41) is 8.66. The van der Waals surface area contributed by atoms with Crippen LogP contribution >= 0.6 is 0 Å².